The van der Waals surface area contributed by atoms with Crippen molar-refractivity contribution in [3.8, 4) is 0 Å². The van der Waals surface area contributed by atoms with Crippen molar-refractivity contribution in [1.29, 1.82) is 0 Å². The highest BCUT2D eigenvalue weighted by Gasteiger charge is 2.30. The van der Waals surface area contributed by atoms with E-state index in [-0.39, 0.29) is 11.4 Å². The summed E-state index contributed by atoms with van der Waals surface area (Å²) in [6.07, 6.45) is 3.62. The first-order valence-electron chi connectivity index (χ1n) is 9.36. The topological polar surface area (TPSA) is 44.1 Å². The smallest absolute Gasteiger partial charge is 0.321 e. The molecule has 3 rings (SSSR count). The molecule has 1 saturated carbocycles. The van der Waals surface area contributed by atoms with E-state index < -0.39 is 4.75 Å². The molecule has 0 saturated heterocycles. The molecule has 5 heteroatoms. The van der Waals surface area contributed by atoms with Crippen LogP contribution in [0.5, 0.6) is 0 Å². The van der Waals surface area contributed by atoms with Crippen molar-refractivity contribution in [2.75, 3.05) is 7.11 Å². The molecule has 0 bridgehead atoms. The van der Waals surface area contributed by atoms with Crippen molar-refractivity contribution in [3.05, 3.63) is 24.0 Å². The van der Waals surface area contributed by atoms with Crippen molar-refractivity contribution in [3.63, 3.8) is 0 Å². The minimum atomic E-state index is -0.618. The van der Waals surface area contributed by atoms with Crippen molar-refractivity contribution in [1.82, 2.24) is 9.55 Å². The van der Waals surface area contributed by atoms with Crippen molar-refractivity contribution < 1.29 is 9.53 Å². The largest absolute Gasteiger partial charge is 0.468 e. The molecule has 0 N–H and O–H groups in total. The Morgan fingerprint density at radius 2 is 1.96 bits per heavy atom. The standard InChI is InChI=1S/C21H30N2O2S/c1-20(2,3)12-18-22-16-11-15(26-21(4,5)19(24)25-6)9-10-17(16)23(18)13-14-7-8-14/h9-11,14H,7-8,12-13H2,1-6H3. The summed E-state index contributed by atoms with van der Waals surface area (Å²) in [6, 6.07) is 6.37. The van der Waals surface area contributed by atoms with Crippen molar-refractivity contribution in [2.24, 2.45) is 11.3 Å². The summed E-state index contributed by atoms with van der Waals surface area (Å²) < 4.78 is 6.72. The molecule has 0 unspecified atom stereocenters. The second-order valence-electron chi connectivity index (χ2n) is 9.07. The monoisotopic (exact) mass is 374 g/mol. The molecule has 26 heavy (non-hydrogen) atoms. The molecule has 0 radical (unpaired) electrons. The molecule has 1 heterocycles. The van der Waals surface area contributed by atoms with E-state index in [0.717, 1.165) is 29.3 Å². The number of nitrogens with zero attached hydrogens (tertiary/aromatic N) is 2. The molecule has 1 fully saturated rings. The number of esters is 1. The Morgan fingerprint density at radius 3 is 2.54 bits per heavy atom. The predicted molar refractivity (Wildman–Crippen MR) is 108 cm³/mol. The van der Waals surface area contributed by atoms with Crippen LogP contribution in [0.1, 0.15) is 53.3 Å². The third kappa shape index (κ3) is 4.43. The van der Waals surface area contributed by atoms with E-state index in [2.05, 4.69) is 43.5 Å². The Kier molecular flexibility index (Phi) is 5.13. The normalized spacial score (nSPS) is 15.5. The van der Waals surface area contributed by atoms with Gasteiger partial charge in [0.2, 0.25) is 0 Å². The number of methoxy groups -OCH3 is 1. The van der Waals surface area contributed by atoms with E-state index in [9.17, 15) is 4.79 Å². The molecule has 4 nitrogen and oxygen atoms in total. The quantitative estimate of drug-likeness (QED) is 0.522. The molecule has 2 aromatic rings. The third-order valence-electron chi connectivity index (χ3n) is 4.67. The Balaban J connectivity index is 1.95. The van der Waals surface area contributed by atoms with Crippen LogP contribution >= 0.6 is 11.8 Å². The number of imidazole rings is 1. The van der Waals surface area contributed by atoms with Crippen LogP contribution in [-0.2, 0) is 22.5 Å². The van der Waals surface area contributed by atoms with Crippen LogP contribution in [0.15, 0.2) is 23.1 Å². The maximum atomic E-state index is 12.0. The van der Waals surface area contributed by atoms with Gasteiger partial charge in [-0.3, -0.25) is 4.79 Å². The van der Waals surface area contributed by atoms with Crippen LogP contribution in [-0.4, -0.2) is 27.4 Å². The lowest BCUT2D eigenvalue weighted by Crippen LogP contribution is -2.28. The second kappa shape index (κ2) is 6.91. The van der Waals surface area contributed by atoms with Crippen LogP contribution < -0.4 is 0 Å². The van der Waals surface area contributed by atoms with Crippen molar-refractivity contribution in [2.45, 2.75) is 70.1 Å². The lowest BCUT2D eigenvalue weighted by atomic mass is 9.92. The van der Waals surface area contributed by atoms with Gasteiger partial charge in [-0.1, -0.05) is 20.8 Å². The number of hydrogen-bond donors (Lipinski definition) is 0. The van der Waals surface area contributed by atoms with Gasteiger partial charge in [-0.15, -0.1) is 11.8 Å². The van der Waals surface area contributed by atoms with Crippen LogP contribution in [0.2, 0.25) is 0 Å². The maximum Gasteiger partial charge on any atom is 0.321 e. The van der Waals surface area contributed by atoms with Gasteiger partial charge >= 0.3 is 5.97 Å². The summed E-state index contributed by atoms with van der Waals surface area (Å²) in [6.45, 7) is 11.6. The summed E-state index contributed by atoms with van der Waals surface area (Å²) in [5.74, 6) is 1.77. The lowest BCUT2D eigenvalue weighted by molar-refractivity contribution is -0.142. The molecular weight excluding hydrogens is 344 g/mol. The lowest BCUT2D eigenvalue weighted by Gasteiger charge is -2.20. The summed E-state index contributed by atoms with van der Waals surface area (Å²) in [4.78, 5) is 18.0. The van der Waals surface area contributed by atoms with E-state index in [4.69, 9.17) is 9.72 Å². The number of carbonyl (C=O) groups is 1. The number of fused-ring (bicyclic) bond motifs is 1. The van der Waals surface area contributed by atoms with Gasteiger partial charge in [0.1, 0.15) is 10.6 Å². The minimum absolute atomic E-state index is 0.202. The number of ether oxygens (including phenoxy) is 1. The number of carbonyl (C=O) groups excluding carboxylic acids is 1. The zero-order chi connectivity index (χ0) is 19.1. The fourth-order valence-corrected chi connectivity index (χ4v) is 4.24. The number of hydrogen-bond acceptors (Lipinski definition) is 4. The van der Waals surface area contributed by atoms with E-state index in [1.165, 1.54) is 43.1 Å². The fraction of sp³-hybridized carbons (Fsp3) is 0.619. The van der Waals surface area contributed by atoms with Crippen molar-refractivity contribution >= 4 is 28.8 Å². The Labute approximate surface area is 160 Å². The minimum Gasteiger partial charge on any atom is -0.468 e. The molecular formula is C21H30N2O2S. The average molecular weight is 375 g/mol. The van der Waals surface area contributed by atoms with Gasteiger partial charge in [-0.05, 0) is 56.2 Å². The van der Waals surface area contributed by atoms with Gasteiger partial charge in [0.25, 0.3) is 0 Å². The van der Waals surface area contributed by atoms with Crippen LogP contribution in [0, 0.1) is 11.3 Å². The fourth-order valence-electron chi connectivity index (χ4n) is 3.18. The van der Waals surface area contributed by atoms with E-state index >= 15 is 0 Å². The van der Waals surface area contributed by atoms with Gasteiger partial charge in [0.05, 0.1) is 18.1 Å². The summed E-state index contributed by atoms with van der Waals surface area (Å²) in [5.41, 5.74) is 2.43. The predicted octanol–water partition coefficient (Wildman–Crippen LogP) is 5.08. The highest BCUT2D eigenvalue weighted by molar-refractivity contribution is 8.01. The van der Waals surface area contributed by atoms with Crippen LogP contribution in [0.3, 0.4) is 0 Å². The first-order chi connectivity index (χ1) is 12.1. The number of rotatable bonds is 6. The van der Waals surface area contributed by atoms with Gasteiger partial charge < -0.3 is 9.30 Å². The Morgan fingerprint density at radius 1 is 1.27 bits per heavy atom. The Bertz CT molecular complexity index is 813. The second-order valence-corrected chi connectivity index (χ2v) is 10.8. The Hall–Kier alpha value is -1.49. The molecule has 142 valence electrons. The summed E-state index contributed by atoms with van der Waals surface area (Å²) in [5, 5.41) is 0. The van der Waals surface area contributed by atoms with Gasteiger partial charge in [-0.2, -0.15) is 0 Å². The third-order valence-corrected chi connectivity index (χ3v) is 5.84. The molecule has 1 aliphatic rings. The van der Waals surface area contributed by atoms with E-state index in [1.807, 2.05) is 13.8 Å². The number of thioether (sulfide) groups is 1. The molecule has 0 spiro atoms. The van der Waals surface area contributed by atoms with Gasteiger partial charge in [0, 0.05) is 17.9 Å². The zero-order valence-corrected chi connectivity index (χ0v) is 17.6. The highest BCUT2D eigenvalue weighted by atomic mass is 32.2. The molecule has 1 aromatic carbocycles. The maximum absolute atomic E-state index is 12.0. The summed E-state index contributed by atoms with van der Waals surface area (Å²) >= 11 is 1.52. The number of benzene rings is 1. The molecule has 0 amide bonds. The molecule has 0 aliphatic heterocycles. The first kappa shape index (κ1) is 19.3. The van der Waals surface area contributed by atoms with Gasteiger partial charge in [0.15, 0.2) is 0 Å². The molecule has 0 atom stereocenters. The molecule has 1 aliphatic carbocycles. The highest BCUT2D eigenvalue weighted by Crippen LogP contribution is 2.37. The first-order valence-corrected chi connectivity index (χ1v) is 10.2. The number of aromatic nitrogens is 2. The van der Waals surface area contributed by atoms with Crippen LogP contribution in [0.4, 0.5) is 0 Å². The summed E-state index contributed by atoms with van der Waals surface area (Å²) in [7, 11) is 1.44. The molecule has 1 aromatic heterocycles. The SMILES string of the molecule is COC(=O)C(C)(C)Sc1ccc2c(c1)nc(CC(C)(C)C)n2CC1CC1. The average Bonchev–Trinajstić information content (AvgIpc) is 3.28. The van der Waals surface area contributed by atoms with E-state index in [1.54, 1.807) is 0 Å². The zero-order valence-electron chi connectivity index (χ0n) is 16.8. The van der Waals surface area contributed by atoms with Crippen LogP contribution in [0.25, 0.3) is 11.0 Å². The van der Waals surface area contributed by atoms with E-state index in [0.29, 0.717) is 0 Å². The van der Waals surface area contributed by atoms with Gasteiger partial charge in [-0.25, -0.2) is 4.98 Å².